The molecule has 20 heavy (non-hydrogen) atoms. The van der Waals surface area contributed by atoms with E-state index < -0.39 is 0 Å². The highest BCUT2D eigenvalue weighted by Crippen LogP contribution is 2.16. The van der Waals surface area contributed by atoms with Gasteiger partial charge in [0, 0.05) is 25.0 Å². The van der Waals surface area contributed by atoms with Gasteiger partial charge in [-0.05, 0) is 24.1 Å². The summed E-state index contributed by atoms with van der Waals surface area (Å²) in [7, 11) is 1.53. The minimum absolute atomic E-state index is 0.223. The second-order valence-electron chi connectivity index (χ2n) is 4.23. The average molecular weight is 294 g/mol. The molecule has 0 aliphatic carbocycles. The van der Waals surface area contributed by atoms with E-state index in [2.05, 4.69) is 10.0 Å². The van der Waals surface area contributed by atoms with Gasteiger partial charge in [0.25, 0.3) is 11.1 Å². The number of hydrogen-bond acceptors (Lipinski definition) is 3. The Bertz CT molecular complexity index is 817. The van der Waals surface area contributed by atoms with Gasteiger partial charge in [0.15, 0.2) is 0 Å². The van der Waals surface area contributed by atoms with Gasteiger partial charge in [-0.1, -0.05) is 22.8 Å². The molecule has 1 aromatic carbocycles. The minimum Gasteiger partial charge on any atom is -0.267 e. The van der Waals surface area contributed by atoms with Crippen LogP contribution in [0.4, 0.5) is 0 Å². The van der Waals surface area contributed by atoms with Gasteiger partial charge in [-0.2, -0.15) is 0 Å². The molecule has 0 N–H and O–H groups in total. The third-order valence-corrected chi connectivity index (χ3v) is 3.35. The van der Waals surface area contributed by atoms with Crippen LogP contribution in [0.3, 0.4) is 0 Å². The molecule has 0 bridgehead atoms. The molecular formula is C12H12ClN5O2. The van der Waals surface area contributed by atoms with Crippen LogP contribution in [-0.4, -0.2) is 15.9 Å². The number of nitrogens with zero attached hydrogens (tertiary/aromatic N) is 5. The summed E-state index contributed by atoms with van der Waals surface area (Å²) in [4.78, 5) is 27.2. The Labute approximate surface area is 118 Å². The van der Waals surface area contributed by atoms with Crippen LogP contribution in [0.5, 0.6) is 0 Å². The van der Waals surface area contributed by atoms with Crippen molar-refractivity contribution < 1.29 is 0 Å². The van der Waals surface area contributed by atoms with Crippen LogP contribution in [0.15, 0.2) is 32.9 Å². The lowest BCUT2D eigenvalue weighted by molar-refractivity contribution is 0.458. The first-order valence-electron chi connectivity index (χ1n) is 5.97. The topological polar surface area (TPSA) is 92.8 Å². The molecule has 7 nitrogen and oxygen atoms in total. The molecule has 0 atom stereocenters. The Hall–Kier alpha value is -2.24. The van der Waals surface area contributed by atoms with Crippen LogP contribution in [-0.2, 0) is 13.6 Å². The van der Waals surface area contributed by atoms with Gasteiger partial charge in [-0.25, -0.2) is 4.68 Å². The molecule has 2 aromatic rings. The van der Waals surface area contributed by atoms with E-state index in [0.29, 0.717) is 11.8 Å². The fourth-order valence-corrected chi connectivity index (χ4v) is 2.31. The molecule has 0 radical (unpaired) electrons. The van der Waals surface area contributed by atoms with Crippen molar-refractivity contribution in [3.8, 4) is 0 Å². The third kappa shape index (κ3) is 2.41. The molecule has 0 aliphatic rings. The number of aromatic nitrogens is 2. The summed E-state index contributed by atoms with van der Waals surface area (Å²) in [6.45, 7) is 0.544. The van der Waals surface area contributed by atoms with E-state index in [1.54, 1.807) is 18.2 Å². The Morgan fingerprint density at radius 1 is 1.35 bits per heavy atom. The minimum atomic E-state index is -0.325. The van der Waals surface area contributed by atoms with Crippen molar-refractivity contribution in [2.24, 2.45) is 12.2 Å². The van der Waals surface area contributed by atoms with Crippen molar-refractivity contribution in [1.29, 1.82) is 0 Å². The van der Waals surface area contributed by atoms with Crippen molar-refractivity contribution in [2.45, 2.75) is 13.0 Å². The van der Waals surface area contributed by atoms with Crippen LogP contribution in [0.25, 0.3) is 21.2 Å². The van der Waals surface area contributed by atoms with Gasteiger partial charge in [0.1, 0.15) is 0 Å². The Balaban J connectivity index is 2.61. The summed E-state index contributed by atoms with van der Waals surface area (Å²) in [6, 6.07) is 4.79. The van der Waals surface area contributed by atoms with Crippen LogP contribution in [0.1, 0.15) is 6.42 Å². The zero-order valence-corrected chi connectivity index (χ0v) is 11.5. The number of benzene rings is 1. The second kappa shape index (κ2) is 5.81. The van der Waals surface area contributed by atoms with E-state index in [4.69, 9.17) is 17.1 Å². The highest BCUT2D eigenvalue weighted by Gasteiger charge is 2.12. The molecule has 8 heteroatoms. The van der Waals surface area contributed by atoms with Crippen LogP contribution >= 0.6 is 11.6 Å². The van der Waals surface area contributed by atoms with E-state index in [1.807, 2.05) is 0 Å². The van der Waals surface area contributed by atoms with E-state index >= 15 is 0 Å². The largest absolute Gasteiger partial charge is 0.274 e. The number of azide groups is 1. The molecule has 104 valence electrons. The maximum atomic E-state index is 12.4. The normalized spacial score (nSPS) is 10.5. The number of fused-ring (bicyclic) bond motifs is 1. The molecule has 1 heterocycles. The lowest BCUT2D eigenvalue weighted by Crippen LogP contribution is -2.37. The zero-order chi connectivity index (χ0) is 14.7. The Morgan fingerprint density at radius 2 is 2.10 bits per heavy atom. The first-order valence-corrected chi connectivity index (χ1v) is 6.35. The predicted octanol–water partition coefficient (Wildman–Crippen LogP) is 2.05. The number of rotatable bonds is 4. The standard InChI is InChI=1S/C12H12ClN5O2/c1-17-11(19)8-4-2-5-9(13)10(8)12(20)18(17)7-3-6-15-16-14/h2,4-5H,3,6-7H2,1H3. The van der Waals surface area contributed by atoms with E-state index in [0.717, 1.165) is 0 Å². The van der Waals surface area contributed by atoms with Crippen molar-refractivity contribution in [2.75, 3.05) is 6.54 Å². The lowest BCUT2D eigenvalue weighted by atomic mass is 10.2. The van der Waals surface area contributed by atoms with Crippen molar-refractivity contribution in [3.05, 3.63) is 54.4 Å². The smallest absolute Gasteiger partial charge is 0.267 e. The zero-order valence-electron chi connectivity index (χ0n) is 10.8. The maximum Gasteiger partial charge on any atom is 0.274 e. The van der Waals surface area contributed by atoms with Crippen LogP contribution < -0.4 is 11.1 Å². The van der Waals surface area contributed by atoms with Gasteiger partial charge in [-0.15, -0.1) is 0 Å². The molecule has 0 unspecified atom stereocenters. The summed E-state index contributed by atoms with van der Waals surface area (Å²) in [6.07, 6.45) is 0.465. The van der Waals surface area contributed by atoms with Gasteiger partial charge >= 0.3 is 0 Å². The molecule has 1 aromatic heterocycles. The summed E-state index contributed by atoms with van der Waals surface area (Å²) in [5.41, 5.74) is 7.60. The SMILES string of the molecule is Cn1c(=O)c2cccc(Cl)c2c(=O)n1CCCN=[N+]=[N-]. The van der Waals surface area contributed by atoms with Gasteiger partial charge in [0.2, 0.25) is 0 Å². The molecule has 0 saturated heterocycles. The molecule has 2 rings (SSSR count). The Morgan fingerprint density at radius 3 is 2.80 bits per heavy atom. The molecule has 0 saturated carbocycles. The highest BCUT2D eigenvalue weighted by molar-refractivity contribution is 6.35. The summed E-state index contributed by atoms with van der Waals surface area (Å²) < 4.78 is 2.57. The van der Waals surface area contributed by atoms with E-state index in [-0.39, 0.29) is 34.6 Å². The fraction of sp³-hybridized carbons (Fsp3) is 0.333. The summed E-state index contributed by atoms with van der Waals surface area (Å²) >= 11 is 6.01. The maximum absolute atomic E-state index is 12.4. The van der Waals surface area contributed by atoms with Crippen LogP contribution in [0.2, 0.25) is 5.02 Å². The Kier molecular flexibility index (Phi) is 4.12. The van der Waals surface area contributed by atoms with Gasteiger partial charge in [0.05, 0.1) is 15.8 Å². The van der Waals surface area contributed by atoms with Crippen molar-refractivity contribution in [1.82, 2.24) is 9.36 Å². The van der Waals surface area contributed by atoms with E-state index in [1.165, 1.54) is 16.4 Å². The molecule has 0 fully saturated rings. The molecule has 0 aliphatic heterocycles. The first kappa shape index (κ1) is 14.2. The van der Waals surface area contributed by atoms with Gasteiger partial charge in [-0.3, -0.25) is 14.3 Å². The first-order chi connectivity index (χ1) is 9.57. The second-order valence-corrected chi connectivity index (χ2v) is 4.63. The number of halogens is 1. The summed E-state index contributed by atoms with van der Waals surface area (Å²) in [5, 5.41) is 4.18. The van der Waals surface area contributed by atoms with Gasteiger partial charge < -0.3 is 0 Å². The number of hydrogen-bond donors (Lipinski definition) is 0. The molecular weight excluding hydrogens is 282 g/mol. The predicted molar refractivity (Wildman–Crippen MR) is 77.1 cm³/mol. The quantitative estimate of drug-likeness (QED) is 0.373. The highest BCUT2D eigenvalue weighted by atomic mass is 35.5. The third-order valence-electron chi connectivity index (χ3n) is 3.04. The monoisotopic (exact) mass is 293 g/mol. The fourth-order valence-electron chi connectivity index (χ4n) is 2.06. The van der Waals surface area contributed by atoms with Crippen molar-refractivity contribution in [3.63, 3.8) is 0 Å². The van der Waals surface area contributed by atoms with Crippen LogP contribution in [0, 0.1) is 0 Å². The average Bonchev–Trinajstić information content (AvgIpc) is 2.44. The molecule has 0 amide bonds. The lowest BCUT2D eigenvalue weighted by Gasteiger charge is -2.13. The molecule has 0 spiro atoms. The summed E-state index contributed by atoms with van der Waals surface area (Å²) in [5.74, 6) is 0. The van der Waals surface area contributed by atoms with E-state index in [9.17, 15) is 9.59 Å². The van der Waals surface area contributed by atoms with Crippen molar-refractivity contribution >= 4 is 22.4 Å².